The molecule has 0 aliphatic heterocycles. The Kier molecular flexibility index (Phi) is 3.93. The van der Waals surface area contributed by atoms with Crippen LogP contribution in [0.5, 0.6) is 0 Å². The maximum atomic E-state index is 11.4. The van der Waals surface area contributed by atoms with E-state index >= 15 is 0 Å². The number of nitrogens with two attached hydrogens (primary N) is 1. The minimum atomic E-state index is -0.464. The summed E-state index contributed by atoms with van der Waals surface area (Å²) in [4.78, 5) is 22.4. The van der Waals surface area contributed by atoms with Crippen LogP contribution in [0.1, 0.15) is 16.9 Å². The first-order valence-corrected chi connectivity index (χ1v) is 4.83. The maximum absolute atomic E-state index is 11.4. The zero-order valence-corrected chi connectivity index (χ0v) is 9.32. The van der Waals surface area contributed by atoms with Gasteiger partial charge in [0.05, 0.1) is 12.8 Å². The van der Waals surface area contributed by atoms with Gasteiger partial charge in [0.1, 0.15) is 5.69 Å². The van der Waals surface area contributed by atoms with Crippen LogP contribution in [-0.2, 0) is 16.1 Å². The highest BCUT2D eigenvalue weighted by Crippen LogP contribution is 2.12. The highest BCUT2D eigenvalue weighted by Gasteiger charge is 2.13. The number of carbonyl (C=O) groups excluding carboxylic acids is 2. The van der Waals surface area contributed by atoms with E-state index in [1.807, 2.05) is 0 Å². The Morgan fingerprint density at radius 2 is 2.25 bits per heavy atom. The van der Waals surface area contributed by atoms with Gasteiger partial charge in [-0.1, -0.05) is 0 Å². The summed E-state index contributed by atoms with van der Waals surface area (Å²) in [6, 6.07) is 1.52. The Hall–Kier alpha value is -1.98. The molecule has 0 bridgehead atoms. The molecule has 0 saturated carbocycles. The van der Waals surface area contributed by atoms with Crippen molar-refractivity contribution in [2.75, 3.05) is 19.9 Å². The monoisotopic (exact) mass is 225 g/mol. The number of amides is 1. The molecule has 6 nitrogen and oxygen atoms in total. The van der Waals surface area contributed by atoms with Crippen molar-refractivity contribution in [3.05, 3.63) is 18.0 Å². The lowest BCUT2D eigenvalue weighted by Crippen LogP contribution is -2.20. The molecule has 16 heavy (non-hydrogen) atoms. The number of nitrogen functional groups attached to an aromatic ring is 1. The fraction of sp³-hybridized carbons (Fsp3) is 0.400. The van der Waals surface area contributed by atoms with Crippen LogP contribution in [0.2, 0.25) is 0 Å². The number of anilines is 1. The van der Waals surface area contributed by atoms with Gasteiger partial charge in [-0.2, -0.15) is 0 Å². The van der Waals surface area contributed by atoms with Crippen molar-refractivity contribution in [3.8, 4) is 0 Å². The molecule has 6 heteroatoms. The average Bonchev–Trinajstić information content (AvgIpc) is 2.66. The van der Waals surface area contributed by atoms with E-state index in [4.69, 9.17) is 5.73 Å². The number of aromatic nitrogens is 1. The number of rotatable bonds is 4. The fourth-order valence-electron chi connectivity index (χ4n) is 1.34. The molecule has 0 aliphatic rings. The Labute approximate surface area is 93.4 Å². The summed E-state index contributed by atoms with van der Waals surface area (Å²) in [6.45, 7) is 0.390. The van der Waals surface area contributed by atoms with Crippen molar-refractivity contribution in [2.45, 2.75) is 13.0 Å². The van der Waals surface area contributed by atoms with Crippen molar-refractivity contribution in [1.29, 1.82) is 0 Å². The lowest BCUT2D eigenvalue weighted by Gasteiger charge is -2.06. The summed E-state index contributed by atoms with van der Waals surface area (Å²) in [5.74, 6) is -0.559. The summed E-state index contributed by atoms with van der Waals surface area (Å²) < 4.78 is 6.22. The average molecular weight is 225 g/mol. The number of nitrogens with zero attached hydrogens (tertiary/aromatic N) is 1. The number of carbonyl (C=O) groups is 2. The van der Waals surface area contributed by atoms with E-state index in [0.717, 1.165) is 0 Å². The summed E-state index contributed by atoms with van der Waals surface area (Å²) in [5, 5.41) is 2.50. The molecule has 1 heterocycles. The first-order valence-electron chi connectivity index (χ1n) is 4.83. The molecular formula is C10H15N3O3. The molecule has 1 amide bonds. The van der Waals surface area contributed by atoms with Gasteiger partial charge in [0.25, 0.3) is 0 Å². The van der Waals surface area contributed by atoms with E-state index < -0.39 is 5.97 Å². The van der Waals surface area contributed by atoms with Crippen LogP contribution in [0, 0.1) is 0 Å². The first kappa shape index (κ1) is 12.1. The van der Waals surface area contributed by atoms with Crippen molar-refractivity contribution >= 4 is 17.6 Å². The molecule has 0 aliphatic carbocycles. The normalized spacial score (nSPS) is 9.88. The van der Waals surface area contributed by atoms with Gasteiger partial charge in [0.15, 0.2) is 0 Å². The van der Waals surface area contributed by atoms with Gasteiger partial charge in [-0.05, 0) is 6.07 Å². The van der Waals surface area contributed by atoms with Crippen LogP contribution in [0.25, 0.3) is 0 Å². The van der Waals surface area contributed by atoms with Crippen molar-refractivity contribution in [2.24, 2.45) is 0 Å². The molecule has 0 fully saturated rings. The molecule has 0 spiro atoms. The van der Waals surface area contributed by atoms with Crippen LogP contribution in [0.15, 0.2) is 12.3 Å². The second kappa shape index (κ2) is 5.20. The Morgan fingerprint density at radius 1 is 1.56 bits per heavy atom. The van der Waals surface area contributed by atoms with Crippen molar-refractivity contribution < 1.29 is 14.3 Å². The minimum absolute atomic E-state index is 0.0944. The zero-order valence-electron chi connectivity index (χ0n) is 9.32. The van der Waals surface area contributed by atoms with Crippen LogP contribution in [-0.4, -0.2) is 30.6 Å². The standard InChI is InChI=1S/C10H15N3O3/c1-12-9(14)3-4-13-6-7(11)5-8(13)10(15)16-2/h5-6H,3-4,11H2,1-2H3,(H,12,14). The largest absolute Gasteiger partial charge is 0.464 e. The first-order chi connectivity index (χ1) is 7.58. The number of methoxy groups -OCH3 is 1. The maximum Gasteiger partial charge on any atom is 0.354 e. The van der Waals surface area contributed by atoms with Gasteiger partial charge in [0.2, 0.25) is 5.91 Å². The minimum Gasteiger partial charge on any atom is -0.464 e. The number of ether oxygens (including phenoxy) is 1. The summed E-state index contributed by atoms with van der Waals surface area (Å²) in [6.07, 6.45) is 1.89. The second-order valence-corrected chi connectivity index (χ2v) is 3.27. The third-order valence-electron chi connectivity index (χ3n) is 2.17. The van der Waals surface area contributed by atoms with Crippen molar-refractivity contribution in [1.82, 2.24) is 9.88 Å². The third kappa shape index (κ3) is 2.75. The number of esters is 1. The predicted molar refractivity (Wildman–Crippen MR) is 58.9 cm³/mol. The number of hydrogen-bond acceptors (Lipinski definition) is 4. The van der Waals surface area contributed by atoms with Crippen molar-refractivity contribution in [3.63, 3.8) is 0 Å². The smallest absolute Gasteiger partial charge is 0.354 e. The molecule has 0 atom stereocenters. The molecular weight excluding hydrogens is 210 g/mol. The zero-order chi connectivity index (χ0) is 12.1. The van der Waals surface area contributed by atoms with Crippen LogP contribution in [0.4, 0.5) is 5.69 Å². The van der Waals surface area contributed by atoms with E-state index in [2.05, 4.69) is 10.1 Å². The number of aryl methyl sites for hydroxylation is 1. The molecule has 1 rings (SSSR count). The fourth-order valence-corrected chi connectivity index (χ4v) is 1.34. The number of nitrogens with one attached hydrogen (secondary N) is 1. The summed E-state index contributed by atoms with van der Waals surface area (Å²) in [5.41, 5.74) is 6.40. The van der Waals surface area contributed by atoms with Crippen LogP contribution in [0.3, 0.4) is 0 Å². The summed E-state index contributed by atoms with van der Waals surface area (Å²) in [7, 11) is 2.86. The van der Waals surface area contributed by atoms with Crippen LogP contribution < -0.4 is 11.1 Å². The van der Waals surface area contributed by atoms with E-state index in [1.165, 1.54) is 13.2 Å². The summed E-state index contributed by atoms with van der Waals surface area (Å²) >= 11 is 0. The molecule has 0 radical (unpaired) electrons. The molecule has 1 aromatic rings. The predicted octanol–water partition coefficient (Wildman–Crippen LogP) is -0.00700. The quantitative estimate of drug-likeness (QED) is 0.706. The van der Waals surface area contributed by atoms with Crippen LogP contribution >= 0.6 is 0 Å². The van der Waals surface area contributed by atoms with E-state index in [9.17, 15) is 9.59 Å². The lowest BCUT2D eigenvalue weighted by atomic mass is 10.3. The Balaban J connectivity index is 2.78. The topological polar surface area (TPSA) is 86.4 Å². The second-order valence-electron chi connectivity index (χ2n) is 3.27. The van der Waals surface area contributed by atoms with Gasteiger partial charge >= 0.3 is 5.97 Å². The highest BCUT2D eigenvalue weighted by atomic mass is 16.5. The SMILES string of the molecule is CNC(=O)CCn1cc(N)cc1C(=O)OC. The van der Waals surface area contributed by atoms with Gasteiger partial charge in [-0.3, -0.25) is 4.79 Å². The molecule has 88 valence electrons. The molecule has 0 saturated heterocycles. The van der Waals surface area contributed by atoms with E-state index in [-0.39, 0.29) is 12.3 Å². The highest BCUT2D eigenvalue weighted by molar-refractivity contribution is 5.89. The van der Waals surface area contributed by atoms with Gasteiger partial charge < -0.3 is 20.4 Å². The lowest BCUT2D eigenvalue weighted by molar-refractivity contribution is -0.120. The van der Waals surface area contributed by atoms with Gasteiger partial charge in [-0.25, -0.2) is 4.79 Å². The molecule has 0 aromatic carbocycles. The molecule has 1 aromatic heterocycles. The molecule has 3 N–H and O–H groups in total. The third-order valence-corrected chi connectivity index (χ3v) is 2.17. The van der Waals surface area contributed by atoms with E-state index in [0.29, 0.717) is 17.9 Å². The number of hydrogen-bond donors (Lipinski definition) is 2. The Bertz CT molecular complexity index is 398. The van der Waals surface area contributed by atoms with Gasteiger partial charge in [-0.15, -0.1) is 0 Å². The van der Waals surface area contributed by atoms with Gasteiger partial charge in [0, 0.05) is 26.2 Å². The molecule has 0 unspecified atom stereocenters. The van der Waals surface area contributed by atoms with E-state index in [1.54, 1.807) is 17.8 Å². The Morgan fingerprint density at radius 3 is 2.81 bits per heavy atom.